The highest BCUT2D eigenvalue weighted by Crippen LogP contribution is 2.26. The van der Waals surface area contributed by atoms with Crippen LogP contribution >= 0.6 is 0 Å². The molecule has 0 aromatic rings. The zero-order valence-electron chi connectivity index (χ0n) is 6.16. The van der Waals surface area contributed by atoms with Crippen LogP contribution in [0.2, 0.25) is 0 Å². The SMILES string of the molecule is OC[C@H]1CC=C2C=CC=C2O1. The molecule has 2 nitrogen and oxygen atoms in total. The van der Waals surface area contributed by atoms with E-state index in [1.807, 2.05) is 18.2 Å². The fourth-order valence-corrected chi connectivity index (χ4v) is 1.29. The molecule has 0 spiro atoms. The average Bonchev–Trinajstić information content (AvgIpc) is 2.50. The molecule has 2 rings (SSSR count). The molecule has 0 saturated heterocycles. The van der Waals surface area contributed by atoms with Gasteiger partial charge in [0, 0.05) is 12.0 Å². The topological polar surface area (TPSA) is 29.5 Å². The Morgan fingerprint density at radius 3 is 3.36 bits per heavy atom. The molecule has 1 atom stereocenters. The van der Waals surface area contributed by atoms with Gasteiger partial charge in [0.05, 0.1) is 6.61 Å². The summed E-state index contributed by atoms with van der Waals surface area (Å²) < 4.78 is 5.44. The molecule has 0 aromatic carbocycles. The maximum atomic E-state index is 8.81. The zero-order chi connectivity index (χ0) is 7.68. The van der Waals surface area contributed by atoms with Gasteiger partial charge >= 0.3 is 0 Å². The van der Waals surface area contributed by atoms with Gasteiger partial charge in [-0.15, -0.1) is 0 Å². The van der Waals surface area contributed by atoms with Crippen LogP contribution in [-0.2, 0) is 4.74 Å². The largest absolute Gasteiger partial charge is 0.487 e. The van der Waals surface area contributed by atoms with E-state index >= 15 is 0 Å². The van der Waals surface area contributed by atoms with E-state index in [9.17, 15) is 0 Å². The summed E-state index contributed by atoms with van der Waals surface area (Å²) in [6.45, 7) is 0.0983. The third-order valence-electron chi connectivity index (χ3n) is 1.91. The Morgan fingerprint density at radius 2 is 2.55 bits per heavy atom. The van der Waals surface area contributed by atoms with Crippen molar-refractivity contribution in [2.24, 2.45) is 0 Å². The highest BCUT2D eigenvalue weighted by Gasteiger charge is 2.18. The van der Waals surface area contributed by atoms with Crippen LogP contribution in [0, 0.1) is 0 Å². The van der Waals surface area contributed by atoms with Gasteiger partial charge in [0.25, 0.3) is 0 Å². The molecule has 1 heterocycles. The van der Waals surface area contributed by atoms with Gasteiger partial charge in [-0.3, -0.25) is 0 Å². The predicted molar refractivity (Wildman–Crippen MR) is 41.9 cm³/mol. The van der Waals surface area contributed by atoms with Gasteiger partial charge in [-0.05, 0) is 6.08 Å². The quantitative estimate of drug-likeness (QED) is 0.607. The lowest BCUT2D eigenvalue weighted by atomic mass is 10.1. The van der Waals surface area contributed by atoms with Crippen molar-refractivity contribution in [3.05, 3.63) is 35.6 Å². The highest BCUT2D eigenvalue weighted by atomic mass is 16.5. The number of ether oxygens (including phenoxy) is 1. The van der Waals surface area contributed by atoms with Crippen molar-refractivity contribution in [2.45, 2.75) is 12.5 Å². The molecule has 58 valence electrons. The molecular formula is C9H10O2. The first kappa shape index (κ1) is 6.68. The van der Waals surface area contributed by atoms with Crippen LogP contribution in [0.25, 0.3) is 0 Å². The predicted octanol–water partition coefficient (Wildman–Crippen LogP) is 1.15. The third kappa shape index (κ3) is 1.10. The number of allylic oxidation sites excluding steroid dienone is 3. The van der Waals surface area contributed by atoms with Gasteiger partial charge in [0.1, 0.15) is 11.9 Å². The first-order valence-corrected chi connectivity index (χ1v) is 3.76. The normalized spacial score (nSPS) is 27.2. The minimum Gasteiger partial charge on any atom is -0.487 e. The summed E-state index contributed by atoms with van der Waals surface area (Å²) in [6, 6.07) is 0. The molecule has 0 unspecified atom stereocenters. The van der Waals surface area contributed by atoms with E-state index in [-0.39, 0.29) is 12.7 Å². The second-order valence-electron chi connectivity index (χ2n) is 2.71. The standard InChI is InChI=1S/C9H10O2/c10-6-8-5-4-7-2-1-3-9(7)11-8/h1-4,8,10H,5-6H2/t8-/m1/s1. The Morgan fingerprint density at radius 1 is 1.64 bits per heavy atom. The number of hydrogen-bond donors (Lipinski definition) is 1. The summed E-state index contributed by atoms with van der Waals surface area (Å²) in [4.78, 5) is 0. The first-order chi connectivity index (χ1) is 5.40. The van der Waals surface area contributed by atoms with Crippen LogP contribution < -0.4 is 0 Å². The number of fused-ring (bicyclic) bond motifs is 1. The zero-order valence-corrected chi connectivity index (χ0v) is 6.16. The van der Waals surface area contributed by atoms with E-state index in [1.54, 1.807) is 0 Å². The second-order valence-corrected chi connectivity index (χ2v) is 2.71. The molecule has 0 saturated carbocycles. The fourth-order valence-electron chi connectivity index (χ4n) is 1.29. The second kappa shape index (κ2) is 2.55. The molecule has 1 aliphatic heterocycles. The maximum Gasteiger partial charge on any atom is 0.126 e. The van der Waals surface area contributed by atoms with E-state index < -0.39 is 0 Å². The highest BCUT2D eigenvalue weighted by molar-refractivity contribution is 5.46. The lowest BCUT2D eigenvalue weighted by Gasteiger charge is -2.21. The Hall–Kier alpha value is -1.02. The summed E-state index contributed by atoms with van der Waals surface area (Å²) in [5.74, 6) is 0.898. The van der Waals surface area contributed by atoms with Gasteiger partial charge in [0.2, 0.25) is 0 Å². The molecule has 11 heavy (non-hydrogen) atoms. The summed E-state index contributed by atoms with van der Waals surface area (Å²) in [7, 11) is 0. The van der Waals surface area contributed by atoms with Gasteiger partial charge in [-0.1, -0.05) is 18.2 Å². The Bertz CT molecular complexity index is 248. The Labute approximate surface area is 65.5 Å². The van der Waals surface area contributed by atoms with Crippen LogP contribution in [0.4, 0.5) is 0 Å². The fraction of sp³-hybridized carbons (Fsp3) is 0.333. The van der Waals surface area contributed by atoms with Crippen LogP contribution in [0.15, 0.2) is 35.6 Å². The lowest BCUT2D eigenvalue weighted by molar-refractivity contribution is 0.0600. The van der Waals surface area contributed by atoms with Crippen LogP contribution in [0.3, 0.4) is 0 Å². The summed E-state index contributed by atoms with van der Waals surface area (Å²) in [6.07, 6.45) is 8.77. The summed E-state index contributed by atoms with van der Waals surface area (Å²) >= 11 is 0. The van der Waals surface area contributed by atoms with E-state index in [1.165, 1.54) is 0 Å². The number of rotatable bonds is 1. The number of hydrogen-bond acceptors (Lipinski definition) is 2. The van der Waals surface area contributed by atoms with Crippen molar-refractivity contribution in [2.75, 3.05) is 6.61 Å². The molecule has 1 aliphatic carbocycles. The summed E-state index contributed by atoms with van der Waals surface area (Å²) in [5.41, 5.74) is 1.15. The Balaban J connectivity index is 2.18. The van der Waals surface area contributed by atoms with Crippen molar-refractivity contribution in [1.82, 2.24) is 0 Å². The third-order valence-corrected chi connectivity index (χ3v) is 1.91. The van der Waals surface area contributed by atoms with Gasteiger partial charge < -0.3 is 9.84 Å². The van der Waals surface area contributed by atoms with Gasteiger partial charge in [0.15, 0.2) is 0 Å². The van der Waals surface area contributed by atoms with Crippen molar-refractivity contribution in [3.63, 3.8) is 0 Å². The minimum absolute atomic E-state index is 0.0371. The average molecular weight is 150 g/mol. The lowest BCUT2D eigenvalue weighted by Crippen LogP contribution is -2.19. The molecular weight excluding hydrogens is 140 g/mol. The van der Waals surface area contributed by atoms with E-state index in [0.29, 0.717) is 0 Å². The van der Waals surface area contributed by atoms with Gasteiger partial charge in [-0.2, -0.15) is 0 Å². The van der Waals surface area contributed by atoms with Crippen molar-refractivity contribution < 1.29 is 9.84 Å². The van der Waals surface area contributed by atoms with Crippen LogP contribution in [0.1, 0.15) is 6.42 Å². The molecule has 2 aliphatic rings. The molecule has 1 N–H and O–H groups in total. The van der Waals surface area contributed by atoms with Gasteiger partial charge in [-0.25, -0.2) is 0 Å². The smallest absolute Gasteiger partial charge is 0.126 e. The molecule has 0 aromatic heterocycles. The molecule has 0 amide bonds. The first-order valence-electron chi connectivity index (χ1n) is 3.76. The molecule has 2 heteroatoms. The molecule has 0 fully saturated rings. The van der Waals surface area contributed by atoms with E-state index in [4.69, 9.17) is 9.84 Å². The van der Waals surface area contributed by atoms with E-state index in [2.05, 4.69) is 6.08 Å². The minimum atomic E-state index is -0.0371. The molecule has 0 bridgehead atoms. The Kier molecular flexibility index (Phi) is 1.55. The van der Waals surface area contributed by atoms with Crippen molar-refractivity contribution in [1.29, 1.82) is 0 Å². The van der Waals surface area contributed by atoms with Crippen LogP contribution in [0.5, 0.6) is 0 Å². The number of aliphatic hydroxyl groups excluding tert-OH is 1. The number of aliphatic hydroxyl groups is 1. The maximum absolute atomic E-state index is 8.81. The van der Waals surface area contributed by atoms with Crippen molar-refractivity contribution >= 4 is 0 Å². The van der Waals surface area contributed by atoms with Crippen LogP contribution in [-0.4, -0.2) is 17.8 Å². The van der Waals surface area contributed by atoms with E-state index in [0.717, 1.165) is 17.8 Å². The summed E-state index contributed by atoms with van der Waals surface area (Å²) in [5, 5.41) is 8.81. The monoisotopic (exact) mass is 150 g/mol. The van der Waals surface area contributed by atoms with Crippen molar-refractivity contribution in [3.8, 4) is 0 Å². The molecule has 0 radical (unpaired) electrons.